The molecule has 4 aromatic rings. The summed E-state index contributed by atoms with van der Waals surface area (Å²) < 4.78 is 120. The van der Waals surface area contributed by atoms with Gasteiger partial charge in [0.1, 0.15) is 61.3 Å². The largest absolute Gasteiger partial charge is 0.465 e. The molecule has 330 valence electrons. The molecule has 0 radical (unpaired) electrons. The molecule has 3 fully saturated rings. The van der Waals surface area contributed by atoms with E-state index in [1.807, 2.05) is 0 Å². The highest BCUT2D eigenvalue weighted by Crippen LogP contribution is 2.61. The number of hydrogen-bond donors (Lipinski definition) is 4. The van der Waals surface area contributed by atoms with Crippen molar-refractivity contribution in [1.82, 2.24) is 43.9 Å². The first-order chi connectivity index (χ1) is 28.8. The second-order valence-electron chi connectivity index (χ2n) is 14.9. The number of carbonyl (C=O) groups excluding carboxylic acids is 2. The van der Waals surface area contributed by atoms with Gasteiger partial charge >= 0.3 is 25.8 Å². The number of likely N-dealkylation sites (tertiary alicyclic amines) is 1. The highest BCUT2D eigenvalue weighted by molar-refractivity contribution is 8.44. The first-order valence-corrected chi connectivity index (χ1v) is 23.5. The number of nitrogens with zero attached hydrogens (tertiary/aromatic N) is 9. The summed E-state index contributed by atoms with van der Waals surface area (Å²) in [5.41, 5.74) is 5.10. The molecular weight excluding hydrogens is 901 g/mol. The number of nitrogen functional groups attached to an aromatic ring is 1. The minimum atomic E-state index is -4.59. The highest BCUT2D eigenvalue weighted by Gasteiger charge is 2.53. The fraction of sp³-hybridized carbons (Fsp3) is 0.548. The number of ether oxygens (including phenoxy) is 4. The van der Waals surface area contributed by atoms with Crippen LogP contribution in [-0.2, 0) is 46.2 Å². The Labute approximate surface area is 352 Å². The lowest BCUT2D eigenvalue weighted by molar-refractivity contribution is -0.0418. The van der Waals surface area contributed by atoms with Crippen LogP contribution >= 0.6 is 38.1 Å². The summed E-state index contributed by atoms with van der Waals surface area (Å²) in [5, 5.41) is 2.39. The number of rotatable bonds is 5. The van der Waals surface area contributed by atoms with Crippen LogP contribution in [0.15, 0.2) is 37.3 Å². The molecule has 3 saturated heterocycles. The van der Waals surface area contributed by atoms with Crippen molar-refractivity contribution in [2.45, 2.75) is 88.1 Å². The number of thiol groups is 2. The van der Waals surface area contributed by atoms with Crippen molar-refractivity contribution in [2.75, 3.05) is 30.8 Å². The Kier molecular flexibility index (Phi) is 11.6. The Morgan fingerprint density at radius 3 is 2.38 bits per heavy atom. The van der Waals surface area contributed by atoms with Crippen molar-refractivity contribution in [1.29, 1.82) is 0 Å². The van der Waals surface area contributed by atoms with Gasteiger partial charge in [-0.2, -0.15) is 0 Å². The molecule has 2 amide bonds. The molecular formula is C31H36F3N11O12P2S2. The first-order valence-electron chi connectivity index (χ1n) is 18.1. The fourth-order valence-electron chi connectivity index (χ4n) is 6.86. The van der Waals surface area contributed by atoms with Gasteiger partial charge in [0, 0.05) is 6.42 Å². The molecule has 11 atom stereocenters. The molecule has 0 aromatic carbocycles. The number of halogens is 3. The standard InChI is InChI=1S/C31H36F3N11O12P2S2/c1-31(2,3)55-30(47)43-5-13(32)4-14(43)6-50-29(46)42-24-20-26(39-10-37-24)45(12-41-20)28-18(34)22-16(54-28)8-52-58(48,60)56-21-15(7-51-59(49,61)57-22)53-27(17(21)33)44-11-40-19-23(35)36-9-38-25(19)44/h8-15,17-18,21-22,27-28H,4-7H2,1-3H3,(H,48,60)(H,49,61)(H2,35,36,38)(H,37,39,42,46)/b16-8-/t13-,14-,15+,17+,18+,21+,22+,27+,28+,58-,59+/m0/s1. The monoisotopic (exact) mass is 937 g/mol. The Morgan fingerprint density at radius 1 is 0.951 bits per heavy atom. The zero-order valence-electron chi connectivity index (χ0n) is 31.8. The van der Waals surface area contributed by atoms with Gasteiger partial charge in [0.05, 0.1) is 25.5 Å². The second-order valence-corrected chi connectivity index (χ2v) is 20.6. The third kappa shape index (κ3) is 8.94. The topological polar surface area (TPSA) is 271 Å². The molecule has 0 bridgehead atoms. The Bertz CT molecular complexity index is 2480. The second kappa shape index (κ2) is 16.4. The zero-order valence-corrected chi connectivity index (χ0v) is 35.4. The molecule has 0 saturated carbocycles. The lowest BCUT2D eigenvalue weighted by Crippen LogP contribution is -2.42. The van der Waals surface area contributed by atoms with Crippen LogP contribution in [0.4, 0.5) is 34.4 Å². The molecule has 3 N–H and O–H groups in total. The van der Waals surface area contributed by atoms with E-state index in [0.717, 1.165) is 28.4 Å². The number of fused-ring (bicyclic) bond motifs is 4. The summed E-state index contributed by atoms with van der Waals surface area (Å²) in [5.74, 6) is -0.711. The van der Waals surface area contributed by atoms with E-state index in [2.05, 4.69) is 59.7 Å². The summed E-state index contributed by atoms with van der Waals surface area (Å²) in [7, 11) is 0. The minimum absolute atomic E-state index is 0.0127. The first kappa shape index (κ1) is 43.2. The van der Waals surface area contributed by atoms with Crippen molar-refractivity contribution >= 4 is 84.2 Å². The van der Waals surface area contributed by atoms with Crippen molar-refractivity contribution in [2.24, 2.45) is 0 Å². The minimum Gasteiger partial charge on any atom is -0.465 e. The van der Waals surface area contributed by atoms with Crippen molar-refractivity contribution < 1.29 is 68.9 Å². The smallest absolute Gasteiger partial charge is 0.437 e. The van der Waals surface area contributed by atoms with Crippen molar-refractivity contribution in [3.63, 3.8) is 0 Å². The summed E-state index contributed by atoms with van der Waals surface area (Å²) in [6.07, 6.45) is -10.9. The highest BCUT2D eigenvalue weighted by atomic mass is 32.7. The molecule has 8 heterocycles. The van der Waals surface area contributed by atoms with Crippen LogP contribution in [0.3, 0.4) is 0 Å². The van der Waals surface area contributed by atoms with Gasteiger partial charge in [-0.15, -0.1) is 0 Å². The van der Waals surface area contributed by atoms with E-state index in [-0.39, 0.29) is 53.5 Å². The molecule has 4 aliphatic heterocycles. The summed E-state index contributed by atoms with van der Waals surface area (Å²) in [6, 6.07) is -0.812. The van der Waals surface area contributed by atoms with Crippen LogP contribution < -0.4 is 11.1 Å². The van der Waals surface area contributed by atoms with Gasteiger partial charge < -0.3 is 29.2 Å². The number of nitrogens with one attached hydrogen (secondary N) is 1. The van der Waals surface area contributed by atoms with Gasteiger partial charge in [-0.05, 0) is 33.0 Å². The number of anilines is 2. The zero-order chi connectivity index (χ0) is 43.6. The number of carbonyl (C=O) groups is 2. The average Bonchev–Trinajstić information content (AvgIpc) is 4.00. The average molecular weight is 938 g/mol. The lowest BCUT2D eigenvalue weighted by atomic mass is 10.1. The number of amides is 2. The maximum Gasteiger partial charge on any atom is 0.437 e. The Hall–Kier alpha value is -4.43. The van der Waals surface area contributed by atoms with E-state index in [1.165, 1.54) is 10.9 Å². The number of alkyl halides is 3. The van der Waals surface area contributed by atoms with Crippen molar-refractivity contribution in [3.8, 4) is 0 Å². The Morgan fingerprint density at radius 2 is 1.64 bits per heavy atom. The summed E-state index contributed by atoms with van der Waals surface area (Å²) in [6.45, 7) is -5.54. The van der Waals surface area contributed by atoms with Gasteiger partial charge in [-0.3, -0.25) is 32.9 Å². The van der Waals surface area contributed by atoms with Crippen LogP contribution in [0.5, 0.6) is 0 Å². The lowest BCUT2D eigenvalue weighted by Gasteiger charge is -2.28. The maximum absolute atomic E-state index is 16.5. The van der Waals surface area contributed by atoms with E-state index in [4.69, 9.17) is 42.8 Å². The number of imidazole rings is 2. The van der Waals surface area contributed by atoms with E-state index < -0.39 is 99.1 Å². The summed E-state index contributed by atoms with van der Waals surface area (Å²) >= 11 is 7.98. The van der Waals surface area contributed by atoms with E-state index in [1.54, 1.807) is 20.8 Å². The normalized spacial score (nSPS) is 34.0. The number of aromatic nitrogens is 8. The SMILES string of the molecule is CC(C)(C)OC(=O)N1C[C@@H](F)C[C@H]1COC(=O)Nc1ncnc2c1ncn2[C@@H]1O/C2=C\O[P@](=O)(S)O[C@H]3[C@@H](F)[C@H](n4cnc5c(N)ncnc54)O[C@@H]3CO[P@@](=O)(S)O[C@H]2[C@H]1F. The van der Waals surface area contributed by atoms with Crippen LogP contribution in [0.1, 0.15) is 39.6 Å². The van der Waals surface area contributed by atoms with E-state index >= 15 is 8.78 Å². The third-order valence-corrected chi connectivity index (χ3v) is 12.5. The number of nitrogens with two attached hydrogens (primary N) is 1. The molecule has 0 aliphatic carbocycles. The van der Waals surface area contributed by atoms with E-state index in [0.29, 0.717) is 6.26 Å². The van der Waals surface area contributed by atoms with Crippen LogP contribution in [-0.4, -0.2) is 124 Å². The molecule has 4 aliphatic rings. The number of hydrogen-bond acceptors (Lipinski definition) is 19. The van der Waals surface area contributed by atoms with Crippen LogP contribution in [0.2, 0.25) is 0 Å². The van der Waals surface area contributed by atoms with Gasteiger partial charge in [-0.25, -0.2) is 61.8 Å². The maximum atomic E-state index is 16.5. The van der Waals surface area contributed by atoms with Crippen LogP contribution in [0.25, 0.3) is 22.3 Å². The van der Waals surface area contributed by atoms with Gasteiger partial charge in [0.25, 0.3) is 0 Å². The molecule has 23 nitrogen and oxygen atoms in total. The molecule has 4 aromatic heterocycles. The quantitative estimate of drug-likeness (QED) is 0.152. The third-order valence-electron chi connectivity index (χ3n) is 9.48. The molecule has 8 rings (SSSR count). The molecule has 61 heavy (non-hydrogen) atoms. The van der Waals surface area contributed by atoms with Crippen molar-refractivity contribution in [3.05, 3.63) is 37.3 Å². The predicted octanol–water partition coefficient (Wildman–Crippen LogP) is 4.98. The summed E-state index contributed by atoms with van der Waals surface area (Å²) in [4.78, 5) is 51.0. The molecule has 30 heteroatoms. The predicted molar refractivity (Wildman–Crippen MR) is 208 cm³/mol. The van der Waals surface area contributed by atoms with E-state index in [9.17, 15) is 23.1 Å². The fourth-order valence-corrected chi connectivity index (χ4v) is 9.58. The van der Waals surface area contributed by atoms with Crippen LogP contribution in [0, 0.1) is 0 Å². The van der Waals surface area contributed by atoms with Gasteiger partial charge in [-0.1, -0.05) is 12.2 Å². The van der Waals surface area contributed by atoms with Gasteiger partial charge in [0.15, 0.2) is 58.9 Å². The molecule has 0 unspecified atom stereocenters. The molecule has 0 spiro atoms. The Balaban J connectivity index is 0.979. The van der Waals surface area contributed by atoms with Gasteiger partial charge in [0.2, 0.25) is 6.23 Å².